The summed E-state index contributed by atoms with van der Waals surface area (Å²) in [5, 5.41) is 9.47. The highest BCUT2D eigenvalue weighted by Crippen LogP contribution is 2.60. The zero-order valence-electron chi connectivity index (χ0n) is 13.6. The van der Waals surface area contributed by atoms with Crippen molar-refractivity contribution in [3.63, 3.8) is 0 Å². The standard InChI is InChI=1S/C14H8F13NO/c1-6-3-2-4-7(8(6)29)5-28-14(26,27)12(21,22)10(17,18)9(15,16)11(19,20)13(23,24)25/h2-5,29H,1H3. The van der Waals surface area contributed by atoms with Crippen molar-refractivity contribution in [2.75, 3.05) is 0 Å². The molecule has 1 N–H and O–H groups in total. The molecule has 0 fully saturated rings. The van der Waals surface area contributed by atoms with E-state index in [4.69, 9.17) is 0 Å². The molecule has 166 valence electrons. The van der Waals surface area contributed by atoms with E-state index in [1.807, 2.05) is 0 Å². The third-order valence-corrected chi connectivity index (χ3v) is 3.55. The molecule has 0 heterocycles. The Bertz CT molecular complexity index is 782. The lowest BCUT2D eigenvalue weighted by Crippen LogP contribution is -2.69. The fraction of sp³-hybridized carbons (Fsp3) is 0.500. The van der Waals surface area contributed by atoms with Crippen LogP contribution in [0.4, 0.5) is 57.1 Å². The Morgan fingerprint density at radius 2 is 1.17 bits per heavy atom. The van der Waals surface area contributed by atoms with Gasteiger partial charge in [0.15, 0.2) is 0 Å². The van der Waals surface area contributed by atoms with E-state index in [1.54, 1.807) is 4.99 Å². The van der Waals surface area contributed by atoms with Crippen LogP contribution in [0, 0.1) is 6.92 Å². The molecule has 1 aromatic rings. The minimum Gasteiger partial charge on any atom is -0.507 e. The van der Waals surface area contributed by atoms with Crippen LogP contribution < -0.4 is 0 Å². The average molecular weight is 453 g/mol. The van der Waals surface area contributed by atoms with Gasteiger partial charge < -0.3 is 5.11 Å². The van der Waals surface area contributed by atoms with Crippen molar-refractivity contribution in [3.05, 3.63) is 29.3 Å². The Kier molecular flexibility index (Phi) is 5.93. The molecule has 0 aliphatic heterocycles. The molecule has 0 spiro atoms. The first-order valence-electron chi connectivity index (χ1n) is 6.94. The van der Waals surface area contributed by atoms with Gasteiger partial charge in [0, 0.05) is 11.8 Å². The second kappa shape index (κ2) is 6.93. The quantitative estimate of drug-likeness (QED) is 0.329. The fourth-order valence-electron chi connectivity index (χ4n) is 1.78. The van der Waals surface area contributed by atoms with Crippen LogP contribution in [0.15, 0.2) is 23.2 Å². The molecule has 1 aromatic carbocycles. The van der Waals surface area contributed by atoms with Crippen LogP contribution >= 0.6 is 0 Å². The summed E-state index contributed by atoms with van der Waals surface area (Å²) in [6.07, 6.45) is -7.84. The normalized spacial score (nSPS) is 15.2. The van der Waals surface area contributed by atoms with E-state index in [1.165, 1.54) is 13.0 Å². The minimum atomic E-state index is -7.98. The number of aromatic hydroxyl groups is 1. The second-order valence-corrected chi connectivity index (χ2v) is 5.61. The Balaban J connectivity index is 3.46. The highest BCUT2D eigenvalue weighted by atomic mass is 19.4. The van der Waals surface area contributed by atoms with Crippen LogP contribution in [0.25, 0.3) is 0 Å². The van der Waals surface area contributed by atoms with Crippen molar-refractivity contribution in [1.29, 1.82) is 0 Å². The summed E-state index contributed by atoms with van der Waals surface area (Å²) in [5.74, 6) is -32.0. The molecular formula is C14H8F13NO. The summed E-state index contributed by atoms with van der Waals surface area (Å²) in [4.78, 5) is 1.62. The molecule has 0 aliphatic carbocycles. The number of nitrogens with zero attached hydrogens (tertiary/aromatic N) is 1. The Morgan fingerprint density at radius 3 is 1.62 bits per heavy atom. The molecular weight excluding hydrogens is 445 g/mol. The lowest BCUT2D eigenvalue weighted by Gasteiger charge is -2.38. The van der Waals surface area contributed by atoms with Gasteiger partial charge in [0.05, 0.1) is 0 Å². The lowest BCUT2D eigenvalue weighted by atomic mass is 9.96. The summed E-state index contributed by atoms with van der Waals surface area (Å²) in [5.41, 5.74) is -0.845. The Labute approximate surface area is 152 Å². The first kappa shape index (κ1) is 24.8. The Morgan fingerprint density at radius 1 is 0.724 bits per heavy atom. The number of phenolic OH excluding ortho intramolecular Hbond substituents is 1. The van der Waals surface area contributed by atoms with Crippen LogP contribution in [-0.2, 0) is 0 Å². The number of aryl methyl sites for hydroxylation is 1. The molecule has 0 aromatic heterocycles. The van der Waals surface area contributed by atoms with Crippen LogP contribution in [0.1, 0.15) is 11.1 Å². The third-order valence-electron chi connectivity index (χ3n) is 3.55. The molecule has 0 unspecified atom stereocenters. The van der Waals surface area contributed by atoms with E-state index in [9.17, 15) is 62.2 Å². The number of aliphatic imine (C=N–C) groups is 1. The number of hydrogen-bond acceptors (Lipinski definition) is 2. The van der Waals surface area contributed by atoms with Crippen LogP contribution in [0.2, 0.25) is 0 Å². The minimum absolute atomic E-state index is 0.0503. The van der Waals surface area contributed by atoms with E-state index in [-0.39, 0.29) is 11.8 Å². The first-order chi connectivity index (χ1) is 12.6. The maximum atomic E-state index is 13.5. The van der Waals surface area contributed by atoms with Crippen molar-refractivity contribution in [2.24, 2.45) is 4.99 Å². The van der Waals surface area contributed by atoms with Crippen molar-refractivity contribution >= 4 is 6.21 Å². The van der Waals surface area contributed by atoms with E-state index in [0.717, 1.165) is 12.1 Å². The van der Waals surface area contributed by atoms with Gasteiger partial charge in [-0.05, 0) is 18.6 Å². The predicted octanol–water partition coefficient (Wildman–Crippen LogP) is 5.82. The number of benzene rings is 1. The van der Waals surface area contributed by atoms with E-state index >= 15 is 0 Å². The summed E-state index contributed by atoms with van der Waals surface area (Å²) < 4.78 is 168. The maximum absolute atomic E-state index is 13.5. The van der Waals surface area contributed by atoms with Crippen molar-refractivity contribution in [2.45, 2.75) is 42.8 Å². The van der Waals surface area contributed by atoms with E-state index < -0.39 is 47.2 Å². The monoisotopic (exact) mass is 453 g/mol. The largest absolute Gasteiger partial charge is 0.507 e. The molecule has 0 atom stereocenters. The number of alkyl halides is 13. The van der Waals surface area contributed by atoms with Gasteiger partial charge in [-0.15, -0.1) is 0 Å². The van der Waals surface area contributed by atoms with Crippen molar-refractivity contribution in [3.8, 4) is 5.75 Å². The van der Waals surface area contributed by atoms with Gasteiger partial charge in [-0.2, -0.15) is 57.1 Å². The second-order valence-electron chi connectivity index (χ2n) is 5.61. The molecule has 0 saturated carbocycles. The van der Waals surface area contributed by atoms with Gasteiger partial charge >= 0.3 is 35.9 Å². The molecule has 0 bridgehead atoms. The molecule has 29 heavy (non-hydrogen) atoms. The predicted molar refractivity (Wildman–Crippen MR) is 71.2 cm³/mol. The van der Waals surface area contributed by atoms with Gasteiger partial charge in [0.1, 0.15) is 5.75 Å². The smallest absolute Gasteiger partial charge is 0.460 e. The van der Waals surface area contributed by atoms with Gasteiger partial charge in [-0.3, -0.25) is 0 Å². The average Bonchev–Trinajstić information content (AvgIpc) is 2.54. The summed E-state index contributed by atoms with van der Waals surface area (Å²) in [7, 11) is 0. The third kappa shape index (κ3) is 3.70. The van der Waals surface area contributed by atoms with E-state index in [2.05, 4.69) is 0 Å². The number of halogens is 13. The number of rotatable bonds is 6. The van der Waals surface area contributed by atoms with Crippen LogP contribution in [-0.4, -0.2) is 47.2 Å². The molecule has 15 heteroatoms. The summed E-state index contributed by atoms with van der Waals surface area (Å²) in [6, 6.07) is -3.63. The van der Waals surface area contributed by atoms with Gasteiger partial charge in [-0.25, -0.2) is 4.99 Å². The zero-order chi connectivity index (χ0) is 23.3. The Hall–Kier alpha value is -2.22. The molecule has 1 rings (SSSR count). The summed E-state index contributed by atoms with van der Waals surface area (Å²) >= 11 is 0. The first-order valence-corrected chi connectivity index (χ1v) is 6.94. The highest BCUT2D eigenvalue weighted by Gasteiger charge is 2.91. The van der Waals surface area contributed by atoms with Crippen LogP contribution in [0.3, 0.4) is 0 Å². The lowest BCUT2D eigenvalue weighted by molar-refractivity contribution is -0.439. The van der Waals surface area contributed by atoms with E-state index in [0.29, 0.717) is 0 Å². The number of para-hydroxylation sites is 1. The molecule has 0 saturated heterocycles. The molecule has 0 amide bonds. The number of phenols is 1. The fourth-order valence-corrected chi connectivity index (χ4v) is 1.78. The van der Waals surface area contributed by atoms with Gasteiger partial charge in [0.2, 0.25) is 0 Å². The van der Waals surface area contributed by atoms with Gasteiger partial charge in [-0.1, -0.05) is 12.1 Å². The molecule has 2 nitrogen and oxygen atoms in total. The maximum Gasteiger partial charge on any atom is 0.460 e. The molecule has 0 radical (unpaired) electrons. The zero-order valence-corrected chi connectivity index (χ0v) is 13.6. The topological polar surface area (TPSA) is 32.6 Å². The van der Waals surface area contributed by atoms with Crippen LogP contribution in [0.5, 0.6) is 5.75 Å². The number of hydrogen-bond donors (Lipinski definition) is 1. The van der Waals surface area contributed by atoms with Crippen molar-refractivity contribution < 1.29 is 62.2 Å². The van der Waals surface area contributed by atoms with Gasteiger partial charge in [0.25, 0.3) is 0 Å². The summed E-state index contributed by atoms with van der Waals surface area (Å²) in [6.45, 7) is 1.17. The highest BCUT2D eigenvalue weighted by molar-refractivity contribution is 5.84. The SMILES string of the molecule is Cc1cccc(C=NC(F)(F)C(F)(F)C(F)(F)C(F)(F)C(F)(F)C(F)(F)F)c1O. The molecule has 0 aliphatic rings. The van der Waals surface area contributed by atoms with Crippen molar-refractivity contribution in [1.82, 2.24) is 0 Å².